The Balaban J connectivity index is 1.40. The van der Waals surface area contributed by atoms with E-state index in [0.29, 0.717) is 38.3 Å². The fourth-order valence-electron chi connectivity index (χ4n) is 4.94. The number of carbonyl (C=O) groups is 3. The minimum Gasteiger partial charge on any atom is -0.385 e. The first-order chi connectivity index (χ1) is 14.1. The number of carbonyl (C=O) groups excluding carboxylic acids is 3. The fourth-order valence-corrected chi connectivity index (χ4v) is 4.94. The molecule has 0 spiro atoms. The van der Waals surface area contributed by atoms with Crippen molar-refractivity contribution in [2.24, 2.45) is 11.8 Å². The molecule has 0 aromatic carbocycles. The SMILES string of the molecule is COCCCC1CCN(C(=O)[C@H]2CCC(=O)N(CCCN3CCCC3=O)C2)CC1. The molecule has 0 saturated carbocycles. The first-order valence-corrected chi connectivity index (χ1v) is 11.4. The third kappa shape index (κ3) is 6.17. The van der Waals surface area contributed by atoms with Crippen molar-refractivity contribution in [3.05, 3.63) is 0 Å². The molecule has 0 aliphatic carbocycles. The van der Waals surface area contributed by atoms with Crippen molar-refractivity contribution in [2.45, 2.75) is 57.8 Å². The molecule has 1 atom stereocenters. The molecular weight excluding hydrogens is 370 g/mol. The summed E-state index contributed by atoms with van der Waals surface area (Å²) in [4.78, 5) is 42.8. The van der Waals surface area contributed by atoms with Crippen LogP contribution in [0.2, 0.25) is 0 Å². The van der Waals surface area contributed by atoms with Crippen LogP contribution in [0.15, 0.2) is 0 Å². The second-order valence-electron chi connectivity index (χ2n) is 8.82. The molecule has 3 saturated heterocycles. The number of rotatable bonds is 9. The molecule has 7 heteroatoms. The zero-order chi connectivity index (χ0) is 20.6. The summed E-state index contributed by atoms with van der Waals surface area (Å²) >= 11 is 0. The molecule has 0 N–H and O–H groups in total. The zero-order valence-electron chi connectivity index (χ0n) is 17.9. The molecular formula is C22H37N3O4. The lowest BCUT2D eigenvalue weighted by Crippen LogP contribution is -2.49. The molecule has 3 rings (SSSR count). The quantitative estimate of drug-likeness (QED) is 0.548. The third-order valence-electron chi connectivity index (χ3n) is 6.76. The molecule has 3 aliphatic heterocycles. The maximum absolute atomic E-state index is 13.0. The van der Waals surface area contributed by atoms with Crippen LogP contribution in [0.1, 0.15) is 57.8 Å². The Bertz CT molecular complexity index is 574. The highest BCUT2D eigenvalue weighted by Crippen LogP contribution is 2.26. The second-order valence-corrected chi connectivity index (χ2v) is 8.82. The van der Waals surface area contributed by atoms with Gasteiger partial charge in [0.25, 0.3) is 0 Å². The molecule has 3 heterocycles. The summed E-state index contributed by atoms with van der Waals surface area (Å²) in [5.41, 5.74) is 0. The van der Waals surface area contributed by atoms with Crippen LogP contribution in [-0.4, -0.2) is 85.4 Å². The van der Waals surface area contributed by atoms with Gasteiger partial charge in [-0.25, -0.2) is 0 Å². The maximum atomic E-state index is 13.0. The van der Waals surface area contributed by atoms with E-state index in [-0.39, 0.29) is 23.6 Å². The van der Waals surface area contributed by atoms with Crippen LogP contribution in [0, 0.1) is 11.8 Å². The summed E-state index contributed by atoms with van der Waals surface area (Å²) < 4.78 is 5.14. The average molecular weight is 408 g/mol. The predicted molar refractivity (Wildman–Crippen MR) is 110 cm³/mol. The number of methoxy groups -OCH3 is 1. The smallest absolute Gasteiger partial charge is 0.227 e. The minimum atomic E-state index is -0.0637. The summed E-state index contributed by atoms with van der Waals surface area (Å²) in [6, 6.07) is 0. The van der Waals surface area contributed by atoms with E-state index < -0.39 is 0 Å². The van der Waals surface area contributed by atoms with Gasteiger partial charge in [-0.3, -0.25) is 14.4 Å². The van der Waals surface area contributed by atoms with Crippen LogP contribution in [0.4, 0.5) is 0 Å². The van der Waals surface area contributed by atoms with Crippen LogP contribution < -0.4 is 0 Å². The summed E-state index contributed by atoms with van der Waals surface area (Å²) in [6.45, 7) is 5.26. The Kier molecular flexibility index (Phi) is 8.33. The number of nitrogens with zero attached hydrogens (tertiary/aromatic N) is 3. The van der Waals surface area contributed by atoms with Crippen molar-refractivity contribution in [3.8, 4) is 0 Å². The van der Waals surface area contributed by atoms with Gasteiger partial charge in [0.2, 0.25) is 17.7 Å². The number of hydrogen-bond donors (Lipinski definition) is 0. The van der Waals surface area contributed by atoms with E-state index in [2.05, 4.69) is 0 Å². The van der Waals surface area contributed by atoms with Gasteiger partial charge >= 0.3 is 0 Å². The van der Waals surface area contributed by atoms with E-state index in [0.717, 1.165) is 64.9 Å². The van der Waals surface area contributed by atoms with Gasteiger partial charge in [-0.2, -0.15) is 0 Å². The van der Waals surface area contributed by atoms with Gasteiger partial charge in [-0.05, 0) is 50.9 Å². The molecule has 7 nitrogen and oxygen atoms in total. The van der Waals surface area contributed by atoms with Crippen LogP contribution in [-0.2, 0) is 19.1 Å². The molecule has 0 radical (unpaired) electrons. The lowest BCUT2D eigenvalue weighted by Gasteiger charge is -2.38. The van der Waals surface area contributed by atoms with Crippen molar-refractivity contribution in [2.75, 3.05) is 53.0 Å². The van der Waals surface area contributed by atoms with Gasteiger partial charge in [0.05, 0.1) is 5.92 Å². The molecule has 0 aromatic heterocycles. The Morgan fingerprint density at radius 2 is 1.69 bits per heavy atom. The van der Waals surface area contributed by atoms with E-state index in [4.69, 9.17) is 4.74 Å². The van der Waals surface area contributed by atoms with Gasteiger partial charge in [-0.15, -0.1) is 0 Å². The third-order valence-corrected chi connectivity index (χ3v) is 6.76. The highest BCUT2D eigenvalue weighted by atomic mass is 16.5. The summed E-state index contributed by atoms with van der Waals surface area (Å²) in [7, 11) is 1.74. The van der Waals surface area contributed by atoms with Gasteiger partial charge in [0, 0.05) is 65.8 Å². The summed E-state index contributed by atoms with van der Waals surface area (Å²) in [5, 5.41) is 0. The zero-order valence-corrected chi connectivity index (χ0v) is 17.9. The molecule has 3 aliphatic rings. The van der Waals surface area contributed by atoms with Crippen molar-refractivity contribution in [1.82, 2.24) is 14.7 Å². The summed E-state index contributed by atoms with van der Waals surface area (Å²) in [5.74, 6) is 1.25. The number of amides is 3. The van der Waals surface area contributed by atoms with Crippen molar-refractivity contribution in [3.63, 3.8) is 0 Å². The Hall–Kier alpha value is -1.63. The fraction of sp³-hybridized carbons (Fsp3) is 0.864. The molecule has 0 unspecified atom stereocenters. The lowest BCUT2D eigenvalue weighted by atomic mass is 9.90. The van der Waals surface area contributed by atoms with Crippen LogP contribution in [0.25, 0.3) is 0 Å². The largest absolute Gasteiger partial charge is 0.385 e. The Morgan fingerprint density at radius 3 is 2.38 bits per heavy atom. The van der Waals surface area contributed by atoms with E-state index in [1.54, 1.807) is 7.11 Å². The monoisotopic (exact) mass is 407 g/mol. The predicted octanol–water partition coefficient (Wildman–Crippen LogP) is 1.90. The van der Waals surface area contributed by atoms with Gasteiger partial charge in [-0.1, -0.05) is 0 Å². The first kappa shape index (κ1) is 22.1. The van der Waals surface area contributed by atoms with Crippen molar-refractivity contribution < 1.29 is 19.1 Å². The van der Waals surface area contributed by atoms with Gasteiger partial charge < -0.3 is 19.4 Å². The Morgan fingerprint density at radius 1 is 0.966 bits per heavy atom. The highest BCUT2D eigenvalue weighted by molar-refractivity contribution is 5.84. The minimum absolute atomic E-state index is 0.0637. The van der Waals surface area contributed by atoms with Crippen LogP contribution in [0.5, 0.6) is 0 Å². The van der Waals surface area contributed by atoms with Crippen LogP contribution in [0.3, 0.4) is 0 Å². The van der Waals surface area contributed by atoms with Gasteiger partial charge in [0.1, 0.15) is 0 Å². The molecule has 0 bridgehead atoms. The lowest BCUT2D eigenvalue weighted by molar-refractivity contribution is -0.144. The van der Waals surface area contributed by atoms with E-state index in [1.165, 1.54) is 6.42 Å². The molecule has 0 aromatic rings. The number of hydrogen-bond acceptors (Lipinski definition) is 4. The van der Waals surface area contributed by atoms with Gasteiger partial charge in [0.15, 0.2) is 0 Å². The van der Waals surface area contributed by atoms with Crippen LogP contribution >= 0.6 is 0 Å². The van der Waals surface area contributed by atoms with E-state index in [9.17, 15) is 14.4 Å². The maximum Gasteiger partial charge on any atom is 0.227 e. The number of likely N-dealkylation sites (tertiary alicyclic amines) is 3. The molecule has 3 fully saturated rings. The highest BCUT2D eigenvalue weighted by Gasteiger charge is 2.34. The second kappa shape index (κ2) is 11.0. The standard InChI is InChI=1S/C22H37N3O4/c1-29-16-3-5-18-9-14-24(15-10-18)22(28)19-7-8-21(27)25(17-19)13-4-12-23-11-2-6-20(23)26/h18-19H,2-17H2,1H3/t19-/m0/s1. The van der Waals surface area contributed by atoms with Crippen molar-refractivity contribution >= 4 is 17.7 Å². The average Bonchev–Trinajstić information content (AvgIpc) is 3.14. The number of piperidine rings is 2. The topological polar surface area (TPSA) is 70.2 Å². The van der Waals surface area contributed by atoms with E-state index >= 15 is 0 Å². The molecule has 3 amide bonds. The van der Waals surface area contributed by atoms with Crippen molar-refractivity contribution in [1.29, 1.82) is 0 Å². The summed E-state index contributed by atoms with van der Waals surface area (Å²) in [6.07, 6.45) is 7.97. The molecule has 29 heavy (non-hydrogen) atoms. The molecule has 164 valence electrons. The first-order valence-electron chi connectivity index (χ1n) is 11.4. The normalized spacial score (nSPS) is 23.9. The number of ether oxygens (including phenoxy) is 1. The Labute approximate surface area is 174 Å². The van der Waals surface area contributed by atoms with E-state index in [1.807, 2.05) is 14.7 Å².